The molecule has 9 nitrogen and oxygen atoms in total. The Labute approximate surface area is 164 Å². The minimum Gasteiger partial charge on any atom is -0.340 e. The lowest BCUT2D eigenvalue weighted by molar-refractivity contribution is 0.0936. The summed E-state index contributed by atoms with van der Waals surface area (Å²) in [6.07, 6.45) is 3.27. The number of rotatable bonds is 5. The Bertz CT molecular complexity index is 1110. The molecule has 4 aromatic rings. The Morgan fingerprint density at radius 1 is 1.14 bits per heavy atom. The fourth-order valence-electron chi connectivity index (χ4n) is 2.49. The minimum absolute atomic E-state index is 0.0429. The number of carbonyl (C=O) groups is 1. The number of halogens is 1. The van der Waals surface area contributed by atoms with Crippen LogP contribution in [0, 0.1) is 6.92 Å². The van der Waals surface area contributed by atoms with Crippen molar-refractivity contribution in [3.8, 4) is 17.1 Å². The number of pyridine rings is 1. The molecule has 3 heterocycles. The number of nitrogens with zero attached hydrogens (tertiary/aromatic N) is 6. The van der Waals surface area contributed by atoms with E-state index in [-0.39, 0.29) is 18.3 Å². The first-order valence-corrected chi connectivity index (χ1v) is 8.69. The molecule has 0 aliphatic heterocycles. The average molecular weight is 396 g/mol. The van der Waals surface area contributed by atoms with E-state index >= 15 is 0 Å². The summed E-state index contributed by atoms with van der Waals surface area (Å²) < 4.78 is 6.73. The maximum atomic E-state index is 12.4. The minimum atomic E-state index is -0.445. The van der Waals surface area contributed by atoms with Gasteiger partial charge in [-0.2, -0.15) is 4.98 Å². The Balaban J connectivity index is 1.44. The molecular formula is C18H14ClN7O2. The molecule has 140 valence electrons. The molecule has 0 saturated heterocycles. The molecule has 1 amide bonds. The highest BCUT2D eigenvalue weighted by molar-refractivity contribution is 6.30. The van der Waals surface area contributed by atoms with Gasteiger partial charge in [0.2, 0.25) is 17.5 Å². The van der Waals surface area contributed by atoms with Crippen LogP contribution in [0.3, 0.4) is 0 Å². The van der Waals surface area contributed by atoms with E-state index in [9.17, 15) is 4.79 Å². The molecule has 3 aromatic heterocycles. The molecule has 0 radical (unpaired) electrons. The summed E-state index contributed by atoms with van der Waals surface area (Å²) in [5, 5.41) is 11.4. The van der Waals surface area contributed by atoms with Crippen LogP contribution in [0.1, 0.15) is 22.3 Å². The van der Waals surface area contributed by atoms with Crippen LogP contribution in [0.4, 0.5) is 0 Å². The highest BCUT2D eigenvalue weighted by atomic mass is 35.5. The van der Waals surface area contributed by atoms with Crippen molar-refractivity contribution in [3.63, 3.8) is 0 Å². The Morgan fingerprint density at radius 3 is 2.64 bits per heavy atom. The van der Waals surface area contributed by atoms with Crippen LogP contribution in [0.15, 0.2) is 53.3 Å². The molecule has 0 aliphatic rings. The molecule has 4 rings (SSSR count). The Hall–Kier alpha value is -3.59. The first-order chi connectivity index (χ1) is 13.6. The molecule has 0 atom stereocenters. The molecular weight excluding hydrogens is 382 g/mol. The number of hydrogen-bond donors (Lipinski definition) is 1. The summed E-state index contributed by atoms with van der Waals surface area (Å²) in [6, 6.07) is 10.6. The number of aromatic nitrogens is 6. The topological polar surface area (TPSA) is 112 Å². The molecule has 1 N–H and O–H groups in total. The third-order valence-corrected chi connectivity index (χ3v) is 4.10. The largest absolute Gasteiger partial charge is 0.340 e. The zero-order valence-corrected chi connectivity index (χ0v) is 15.5. The van der Waals surface area contributed by atoms with Crippen molar-refractivity contribution in [3.05, 3.63) is 71.4 Å². The maximum absolute atomic E-state index is 12.4. The van der Waals surface area contributed by atoms with Gasteiger partial charge in [0.1, 0.15) is 5.82 Å². The maximum Gasteiger partial charge on any atom is 0.291 e. The summed E-state index contributed by atoms with van der Waals surface area (Å²) in [4.78, 5) is 24.8. The van der Waals surface area contributed by atoms with E-state index in [1.807, 2.05) is 0 Å². The van der Waals surface area contributed by atoms with Crippen LogP contribution < -0.4 is 5.32 Å². The quantitative estimate of drug-likeness (QED) is 0.552. The van der Waals surface area contributed by atoms with Gasteiger partial charge in [-0.3, -0.25) is 9.78 Å². The van der Waals surface area contributed by atoms with Crippen LogP contribution in [-0.2, 0) is 6.54 Å². The van der Waals surface area contributed by atoms with Gasteiger partial charge in [-0.05, 0) is 43.3 Å². The number of amides is 1. The molecule has 0 bridgehead atoms. The van der Waals surface area contributed by atoms with Gasteiger partial charge in [-0.15, -0.1) is 5.10 Å². The fourth-order valence-corrected chi connectivity index (χ4v) is 2.62. The van der Waals surface area contributed by atoms with Gasteiger partial charge < -0.3 is 9.84 Å². The van der Waals surface area contributed by atoms with Gasteiger partial charge in [-0.25, -0.2) is 9.67 Å². The lowest BCUT2D eigenvalue weighted by atomic mass is 10.2. The van der Waals surface area contributed by atoms with Gasteiger partial charge in [0, 0.05) is 23.0 Å². The predicted octanol–water partition coefficient (Wildman–Crippen LogP) is 2.60. The van der Waals surface area contributed by atoms with E-state index < -0.39 is 5.91 Å². The van der Waals surface area contributed by atoms with Gasteiger partial charge in [0.25, 0.3) is 5.91 Å². The monoisotopic (exact) mass is 395 g/mol. The zero-order chi connectivity index (χ0) is 19.5. The number of nitrogens with one attached hydrogen (secondary N) is 1. The second-order valence-electron chi connectivity index (χ2n) is 5.80. The lowest BCUT2D eigenvalue weighted by Gasteiger charge is -2.02. The van der Waals surface area contributed by atoms with Crippen molar-refractivity contribution in [2.45, 2.75) is 13.5 Å². The molecule has 28 heavy (non-hydrogen) atoms. The zero-order valence-electron chi connectivity index (χ0n) is 14.7. The van der Waals surface area contributed by atoms with Crippen molar-refractivity contribution in [1.82, 2.24) is 35.2 Å². The first kappa shape index (κ1) is 17.8. The molecule has 10 heteroatoms. The van der Waals surface area contributed by atoms with Crippen molar-refractivity contribution in [2.24, 2.45) is 0 Å². The van der Waals surface area contributed by atoms with Crippen LogP contribution in [0.25, 0.3) is 17.1 Å². The number of aryl methyl sites for hydroxylation is 1. The summed E-state index contributed by atoms with van der Waals surface area (Å²) in [5.74, 6) is 0.868. The molecule has 0 aliphatic carbocycles. The summed E-state index contributed by atoms with van der Waals surface area (Å²) >= 11 is 5.90. The second-order valence-corrected chi connectivity index (χ2v) is 6.24. The number of carbonyl (C=O) groups excluding carboxylic acids is 1. The van der Waals surface area contributed by atoms with Gasteiger partial charge in [0.05, 0.1) is 12.2 Å². The molecule has 0 unspecified atom stereocenters. The van der Waals surface area contributed by atoms with Crippen LogP contribution in [0.5, 0.6) is 0 Å². The van der Waals surface area contributed by atoms with Gasteiger partial charge in [0.15, 0.2) is 0 Å². The first-order valence-electron chi connectivity index (χ1n) is 8.31. The highest BCUT2D eigenvalue weighted by Gasteiger charge is 2.16. The summed E-state index contributed by atoms with van der Waals surface area (Å²) in [5.41, 5.74) is 1.53. The molecule has 0 spiro atoms. The Kier molecular flexibility index (Phi) is 4.81. The van der Waals surface area contributed by atoms with Crippen molar-refractivity contribution >= 4 is 17.5 Å². The molecule has 0 fully saturated rings. The molecule has 1 aromatic carbocycles. The predicted molar refractivity (Wildman–Crippen MR) is 99.8 cm³/mol. The van der Waals surface area contributed by atoms with E-state index in [1.165, 1.54) is 0 Å². The van der Waals surface area contributed by atoms with Crippen LogP contribution >= 0.6 is 11.6 Å². The molecule has 0 saturated carbocycles. The number of hydrogen-bond acceptors (Lipinski definition) is 7. The summed E-state index contributed by atoms with van der Waals surface area (Å²) in [6.45, 7) is 1.82. The van der Waals surface area contributed by atoms with Crippen molar-refractivity contribution in [2.75, 3.05) is 0 Å². The SMILES string of the molecule is Cc1nc(C(=O)NCc2nc(-c3ccncc3)no2)nn1-c1ccc(Cl)cc1. The van der Waals surface area contributed by atoms with E-state index in [0.29, 0.717) is 16.7 Å². The Morgan fingerprint density at radius 2 is 1.89 bits per heavy atom. The third-order valence-electron chi connectivity index (χ3n) is 3.85. The number of benzene rings is 1. The highest BCUT2D eigenvalue weighted by Crippen LogP contribution is 2.15. The smallest absolute Gasteiger partial charge is 0.291 e. The third kappa shape index (κ3) is 3.74. The summed E-state index contributed by atoms with van der Waals surface area (Å²) in [7, 11) is 0. The average Bonchev–Trinajstić information content (AvgIpc) is 3.34. The van der Waals surface area contributed by atoms with Crippen molar-refractivity contribution in [1.29, 1.82) is 0 Å². The van der Waals surface area contributed by atoms with Gasteiger partial charge in [-0.1, -0.05) is 16.8 Å². The van der Waals surface area contributed by atoms with E-state index in [0.717, 1.165) is 11.3 Å². The fraction of sp³-hybridized carbons (Fsp3) is 0.111. The van der Waals surface area contributed by atoms with E-state index in [4.69, 9.17) is 16.1 Å². The van der Waals surface area contributed by atoms with Gasteiger partial charge >= 0.3 is 0 Å². The van der Waals surface area contributed by atoms with E-state index in [2.05, 4.69) is 30.5 Å². The van der Waals surface area contributed by atoms with E-state index in [1.54, 1.807) is 60.4 Å². The van der Waals surface area contributed by atoms with Crippen LogP contribution in [-0.4, -0.2) is 35.8 Å². The second kappa shape index (κ2) is 7.57. The van der Waals surface area contributed by atoms with Crippen LogP contribution in [0.2, 0.25) is 5.02 Å². The van der Waals surface area contributed by atoms with Crippen molar-refractivity contribution < 1.29 is 9.32 Å². The standard InChI is InChI=1S/C18H14ClN7O2/c1-11-22-17(24-26(11)14-4-2-13(19)3-5-14)18(27)21-10-15-23-16(25-28-15)12-6-8-20-9-7-12/h2-9H,10H2,1H3,(H,21,27). The normalized spacial score (nSPS) is 10.8. The lowest BCUT2D eigenvalue weighted by Crippen LogP contribution is -2.24.